The number of esters is 1. The summed E-state index contributed by atoms with van der Waals surface area (Å²) in [6.45, 7) is 4.80. The molecule has 0 bridgehead atoms. The smallest absolute Gasteiger partial charge is 0.349 e. The molecule has 1 aromatic carbocycles. The van der Waals surface area contributed by atoms with Crippen LogP contribution in [0.15, 0.2) is 47.3 Å². The van der Waals surface area contributed by atoms with Crippen molar-refractivity contribution in [2.45, 2.75) is 26.3 Å². The Bertz CT molecular complexity index is 1030. The number of pyridine rings is 1. The summed E-state index contributed by atoms with van der Waals surface area (Å²) in [5, 5.41) is 4.31. The number of nitrogens with one attached hydrogen (secondary N) is 1. The summed E-state index contributed by atoms with van der Waals surface area (Å²) >= 11 is 1.37. The average molecular weight is 397 g/mol. The normalized spacial score (nSPS) is 15.0. The second kappa shape index (κ2) is 8.29. The molecule has 1 N–H and O–H groups in total. The van der Waals surface area contributed by atoms with Gasteiger partial charge in [-0.25, -0.2) is 4.79 Å². The van der Waals surface area contributed by atoms with Crippen molar-refractivity contribution in [1.82, 2.24) is 9.88 Å². The zero-order valence-corrected chi connectivity index (χ0v) is 16.8. The molecule has 1 saturated heterocycles. The summed E-state index contributed by atoms with van der Waals surface area (Å²) in [5.74, 6) is 0.140. The third-order valence-corrected chi connectivity index (χ3v) is 6.46. The van der Waals surface area contributed by atoms with E-state index < -0.39 is 0 Å². The van der Waals surface area contributed by atoms with Gasteiger partial charge in [0.15, 0.2) is 0 Å². The third kappa shape index (κ3) is 3.62. The first-order chi connectivity index (χ1) is 13.7. The zero-order valence-electron chi connectivity index (χ0n) is 15.9. The van der Waals surface area contributed by atoms with Crippen LogP contribution in [0.25, 0.3) is 21.3 Å². The molecule has 3 aromatic rings. The summed E-state index contributed by atoms with van der Waals surface area (Å²) in [6, 6.07) is 13.3. The van der Waals surface area contributed by atoms with E-state index in [4.69, 9.17) is 4.74 Å². The number of rotatable bonds is 5. The highest BCUT2D eigenvalue weighted by molar-refractivity contribution is 7.21. The molecule has 4 rings (SSSR count). The second-order valence-electron chi connectivity index (χ2n) is 7.09. The molecule has 1 aliphatic rings. The number of hydrogen-bond donors (Lipinski definition) is 1. The highest BCUT2D eigenvalue weighted by Crippen LogP contribution is 2.39. The first-order valence-electron chi connectivity index (χ1n) is 9.78. The van der Waals surface area contributed by atoms with Gasteiger partial charge in [-0.15, -0.1) is 11.3 Å². The number of nitrogens with zero attached hydrogens (tertiary/aromatic N) is 1. The first kappa shape index (κ1) is 18.9. The Balaban J connectivity index is 1.88. The molecule has 28 heavy (non-hydrogen) atoms. The Labute approximate surface area is 168 Å². The van der Waals surface area contributed by atoms with E-state index >= 15 is 0 Å². The molecule has 1 fully saturated rings. The van der Waals surface area contributed by atoms with Gasteiger partial charge in [-0.3, -0.25) is 9.36 Å². The maximum absolute atomic E-state index is 12.7. The molecule has 0 radical (unpaired) electrons. The van der Waals surface area contributed by atoms with E-state index in [0.29, 0.717) is 23.9 Å². The van der Waals surface area contributed by atoms with E-state index in [1.54, 1.807) is 13.0 Å². The highest BCUT2D eigenvalue weighted by Gasteiger charge is 2.24. The van der Waals surface area contributed by atoms with Gasteiger partial charge in [-0.1, -0.05) is 30.3 Å². The first-order valence-corrected chi connectivity index (χ1v) is 10.6. The van der Waals surface area contributed by atoms with Crippen molar-refractivity contribution in [1.29, 1.82) is 0 Å². The van der Waals surface area contributed by atoms with Gasteiger partial charge in [0, 0.05) is 23.6 Å². The predicted molar refractivity (Wildman–Crippen MR) is 113 cm³/mol. The number of carbonyl (C=O) groups excluding carboxylic acids is 1. The fraction of sp³-hybridized carbons (Fsp3) is 0.364. The van der Waals surface area contributed by atoms with Crippen LogP contribution in [0.3, 0.4) is 0 Å². The van der Waals surface area contributed by atoms with Gasteiger partial charge in [0.1, 0.15) is 9.71 Å². The van der Waals surface area contributed by atoms with Gasteiger partial charge >= 0.3 is 5.97 Å². The van der Waals surface area contributed by atoms with Crippen LogP contribution in [-0.4, -0.2) is 30.2 Å². The molecular formula is C22H24N2O3S. The average Bonchev–Trinajstić information content (AvgIpc) is 3.12. The number of aromatic nitrogens is 1. The lowest BCUT2D eigenvalue weighted by molar-refractivity contribution is 0.0533. The number of hydrogen-bond acceptors (Lipinski definition) is 5. The molecule has 0 aliphatic carbocycles. The summed E-state index contributed by atoms with van der Waals surface area (Å²) in [7, 11) is 0. The number of ether oxygens (including phenoxy) is 1. The minimum absolute atomic E-state index is 0.0118. The predicted octanol–water partition coefficient (Wildman–Crippen LogP) is 3.91. The minimum atomic E-state index is -0.330. The van der Waals surface area contributed by atoms with Crippen molar-refractivity contribution in [2.75, 3.05) is 19.7 Å². The van der Waals surface area contributed by atoms with Crippen LogP contribution in [-0.2, 0) is 11.3 Å². The van der Waals surface area contributed by atoms with Crippen molar-refractivity contribution in [3.05, 3.63) is 57.7 Å². The molecule has 2 aromatic heterocycles. The molecular weight excluding hydrogens is 372 g/mol. The van der Waals surface area contributed by atoms with E-state index in [1.807, 2.05) is 41.0 Å². The fourth-order valence-corrected chi connectivity index (χ4v) is 5.08. The van der Waals surface area contributed by atoms with Crippen LogP contribution in [0.2, 0.25) is 0 Å². The van der Waals surface area contributed by atoms with E-state index in [-0.39, 0.29) is 11.5 Å². The summed E-state index contributed by atoms with van der Waals surface area (Å²) in [4.78, 5) is 26.8. The van der Waals surface area contributed by atoms with Gasteiger partial charge in [-0.05, 0) is 50.4 Å². The van der Waals surface area contributed by atoms with Crippen molar-refractivity contribution in [3.63, 3.8) is 0 Å². The van der Waals surface area contributed by atoms with Crippen molar-refractivity contribution >= 4 is 27.5 Å². The van der Waals surface area contributed by atoms with E-state index in [2.05, 4.69) is 5.32 Å². The van der Waals surface area contributed by atoms with Crippen LogP contribution < -0.4 is 10.9 Å². The molecule has 0 spiro atoms. The second-order valence-corrected chi connectivity index (χ2v) is 8.09. The largest absolute Gasteiger partial charge is 0.462 e. The topological polar surface area (TPSA) is 60.3 Å². The molecule has 146 valence electrons. The third-order valence-electron chi connectivity index (χ3n) is 5.25. The molecule has 3 heterocycles. The Morgan fingerprint density at radius 3 is 2.64 bits per heavy atom. The Kier molecular flexibility index (Phi) is 5.59. The van der Waals surface area contributed by atoms with Crippen LogP contribution in [0, 0.1) is 5.92 Å². The lowest BCUT2D eigenvalue weighted by Crippen LogP contribution is -2.32. The molecule has 0 saturated carbocycles. The Morgan fingerprint density at radius 2 is 1.93 bits per heavy atom. The SMILES string of the molecule is CCOC(=O)c1sc2c(ccc(=O)n2CC2CCNCC2)c1-c1ccccc1. The van der Waals surface area contributed by atoms with Crippen LogP contribution in [0.4, 0.5) is 0 Å². The van der Waals surface area contributed by atoms with Crippen LogP contribution in [0.5, 0.6) is 0 Å². The van der Waals surface area contributed by atoms with E-state index in [1.165, 1.54) is 11.3 Å². The van der Waals surface area contributed by atoms with Crippen molar-refractivity contribution in [3.8, 4) is 11.1 Å². The van der Waals surface area contributed by atoms with Crippen molar-refractivity contribution in [2.24, 2.45) is 5.92 Å². The van der Waals surface area contributed by atoms with Gasteiger partial charge in [0.2, 0.25) is 0 Å². The molecule has 0 atom stereocenters. The number of fused-ring (bicyclic) bond motifs is 1. The van der Waals surface area contributed by atoms with E-state index in [9.17, 15) is 9.59 Å². The number of carbonyl (C=O) groups is 1. The zero-order chi connectivity index (χ0) is 19.5. The number of thiophene rings is 1. The number of piperidine rings is 1. The fourth-order valence-electron chi connectivity index (χ4n) is 3.86. The molecule has 0 unspecified atom stereocenters. The Hall–Kier alpha value is -2.44. The quantitative estimate of drug-likeness (QED) is 0.665. The van der Waals surface area contributed by atoms with Crippen LogP contribution >= 0.6 is 11.3 Å². The van der Waals surface area contributed by atoms with Crippen molar-refractivity contribution < 1.29 is 9.53 Å². The number of benzene rings is 1. The lowest BCUT2D eigenvalue weighted by atomic mass is 9.98. The molecule has 0 amide bonds. The van der Waals surface area contributed by atoms with Gasteiger partial charge in [-0.2, -0.15) is 0 Å². The molecule has 5 nitrogen and oxygen atoms in total. The van der Waals surface area contributed by atoms with Gasteiger partial charge < -0.3 is 10.1 Å². The summed E-state index contributed by atoms with van der Waals surface area (Å²) in [6.07, 6.45) is 2.12. The highest BCUT2D eigenvalue weighted by atomic mass is 32.1. The standard InChI is InChI=1S/C22H24N2O3S/c1-2-27-22(26)20-19(16-6-4-3-5-7-16)17-8-9-18(25)24(21(17)28-20)14-15-10-12-23-13-11-15/h3-9,15,23H,2,10-14H2,1H3. The maximum atomic E-state index is 12.7. The van der Waals surface area contributed by atoms with Crippen LogP contribution in [0.1, 0.15) is 29.4 Å². The summed E-state index contributed by atoms with van der Waals surface area (Å²) < 4.78 is 7.17. The maximum Gasteiger partial charge on any atom is 0.349 e. The monoisotopic (exact) mass is 396 g/mol. The summed E-state index contributed by atoms with van der Waals surface area (Å²) in [5.41, 5.74) is 1.81. The lowest BCUT2D eigenvalue weighted by Gasteiger charge is -2.23. The molecule has 1 aliphatic heterocycles. The van der Waals surface area contributed by atoms with Gasteiger partial charge in [0.05, 0.1) is 6.61 Å². The minimum Gasteiger partial charge on any atom is -0.462 e. The molecule has 6 heteroatoms. The van der Waals surface area contributed by atoms with Gasteiger partial charge in [0.25, 0.3) is 5.56 Å². The van der Waals surface area contributed by atoms with E-state index in [0.717, 1.165) is 47.3 Å². The Morgan fingerprint density at radius 1 is 1.18 bits per heavy atom.